The van der Waals surface area contributed by atoms with Gasteiger partial charge in [-0.1, -0.05) is 44.5 Å². The van der Waals surface area contributed by atoms with Gasteiger partial charge in [-0.3, -0.25) is 0 Å². The SMILES string of the molecule is CC(C)(C)C1OC(=O)C(c2ccc(Cl)cc2)O1. The van der Waals surface area contributed by atoms with E-state index in [4.69, 9.17) is 21.1 Å². The molecule has 0 radical (unpaired) electrons. The molecule has 2 rings (SSSR count). The van der Waals surface area contributed by atoms with E-state index in [-0.39, 0.29) is 11.4 Å². The third-order valence-corrected chi connectivity index (χ3v) is 2.83. The summed E-state index contributed by atoms with van der Waals surface area (Å²) in [7, 11) is 0. The van der Waals surface area contributed by atoms with Gasteiger partial charge < -0.3 is 9.47 Å². The van der Waals surface area contributed by atoms with Crippen LogP contribution in [-0.2, 0) is 14.3 Å². The molecule has 17 heavy (non-hydrogen) atoms. The first kappa shape index (κ1) is 12.4. The Morgan fingerprint density at radius 3 is 2.24 bits per heavy atom. The number of carbonyl (C=O) groups excluding carboxylic acids is 1. The van der Waals surface area contributed by atoms with Crippen LogP contribution < -0.4 is 0 Å². The lowest BCUT2D eigenvalue weighted by Crippen LogP contribution is -2.27. The molecule has 0 aliphatic carbocycles. The van der Waals surface area contributed by atoms with Crippen molar-refractivity contribution in [3.8, 4) is 0 Å². The third-order valence-electron chi connectivity index (χ3n) is 2.58. The molecule has 1 fully saturated rings. The predicted molar refractivity (Wildman–Crippen MR) is 64.6 cm³/mol. The Hall–Kier alpha value is -1.06. The molecule has 1 aromatic rings. The Labute approximate surface area is 106 Å². The lowest BCUT2D eigenvalue weighted by molar-refractivity contribution is -0.154. The number of hydrogen-bond acceptors (Lipinski definition) is 3. The second-order valence-corrected chi connectivity index (χ2v) is 5.64. The van der Waals surface area contributed by atoms with Crippen LogP contribution in [0.5, 0.6) is 0 Å². The topological polar surface area (TPSA) is 35.5 Å². The van der Waals surface area contributed by atoms with Crippen LogP contribution >= 0.6 is 11.6 Å². The summed E-state index contributed by atoms with van der Waals surface area (Å²) < 4.78 is 10.9. The zero-order chi connectivity index (χ0) is 12.6. The number of carbonyl (C=O) groups is 1. The second kappa shape index (κ2) is 4.31. The molecule has 0 spiro atoms. The highest BCUT2D eigenvalue weighted by molar-refractivity contribution is 6.30. The zero-order valence-corrected chi connectivity index (χ0v) is 10.8. The monoisotopic (exact) mass is 254 g/mol. The highest BCUT2D eigenvalue weighted by Gasteiger charge is 2.42. The van der Waals surface area contributed by atoms with Crippen LogP contribution in [-0.4, -0.2) is 12.3 Å². The van der Waals surface area contributed by atoms with Crippen LogP contribution in [0.15, 0.2) is 24.3 Å². The van der Waals surface area contributed by atoms with E-state index in [1.165, 1.54) is 0 Å². The fourth-order valence-corrected chi connectivity index (χ4v) is 1.73. The minimum absolute atomic E-state index is 0.225. The molecular weight excluding hydrogens is 240 g/mol. The van der Waals surface area contributed by atoms with E-state index in [9.17, 15) is 4.79 Å². The van der Waals surface area contributed by atoms with Crippen LogP contribution in [0.3, 0.4) is 0 Å². The number of rotatable bonds is 1. The van der Waals surface area contributed by atoms with E-state index < -0.39 is 12.4 Å². The molecule has 1 aliphatic heterocycles. The number of cyclic esters (lactones) is 1. The van der Waals surface area contributed by atoms with Crippen LogP contribution in [0.25, 0.3) is 0 Å². The molecule has 0 N–H and O–H groups in total. The number of benzene rings is 1. The van der Waals surface area contributed by atoms with Gasteiger partial charge in [-0.25, -0.2) is 4.79 Å². The molecule has 4 heteroatoms. The summed E-state index contributed by atoms with van der Waals surface area (Å²) in [6.45, 7) is 5.90. The van der Waals surface area contributed by atoms with Gasteiger partial charge in [0, 0.05) is 10.4 Å². The van der Waals surface area contributed by atoms with Crippen molar-refractivity contribution < 1.29 is 14.3 Å². The van der Waals surface area contributed by atoms with E-state index in [0.717, 1.165) is 5.56 Å². The first-order valence-corrected chi connectivity index (χ1v) is 5.87. The summed E-state index contributed by atoms with van der Waals surface area (Å²) in [6, 6.07) is 7.02. The summed E-state index contributed by atoms with van der Waals surface area (Å²) in [5, 5.41) is 0.632. The first-order chi connectivity index (χ1) is 7.88. The minimum Gasteiger partial charge on any atom is -0.433 e. The number of esters is 1. The average molecular weight is 255 g/mol. The normalized spacial score (nSPS) is 24.8. The van der Waals surface area contributed by atoms with Crippen molar-refractivity contribution in [2.24, 2.45) is 5.41 Å². The minimum atomic E-state index is -0.642. The van der Waals surface area contributed by atoms with Crippen LogP contribution in [0.4, 0.5) is 0 Å². The maximum absolute atomic E-state index is 11.7. The smallest absolute Gasteiger partial charge is 0.342 e. The molecule has 92 valence electrons. The molecule has 0 amide bonds. The highest BCUT2D eigenvalue weighted by Crippen LogP contribution is 2.36. The third kappa shape index (κ3) is 2.61. The van der Waals surface area contributed by atoms with Crippen molar-refractivity contribution in [2.45, 2.75) is 33.2 Å². The Balaban J connectivity index is 2.19. The van der Waals surface area contributed by atoms with Gasteiger partial charge in [0.05, 0.1) is 0 Å². The van der Waals surface area contributed by atoms with Gasteiger partial charge in [0.1, 0.15) is 0 Å². The molecule has 0 bridgehead atoms. The van der Waals surface area contributed by atoms with Crippen LogP contribution in [0.2, 0.25) is 5.02 Å². The van der Waals surface area contributed by atoms with E-state index in [1.807, 2.05) is 20.8 Å². The van der Waals surface area contributed by atoms with Crippen molar-refractivity contribution in [3.05, 3.63) is 34.9 Å². The Kier molecular flexibility index (Phi) is 3.15. The summed E-state index contributed by atoms with van der Waals surface area (Å²) >= 11 is 5.80. The number of hydrogen-bond donors (Lipinski definition) is 0. The summed E-state index contributed by atoms with van der Waals surface area (Å²) in [6.07, 6.45) is -1.15. The largest absolute Gasteiger partial charge is 0.433 e. The van der Waals surface area contributed by atoms with Crippen molar-refractivity contribution in [1.82, 2.24) is 0 Å². The molecular formula is C13H15ClO3. The molecule has 0 saturated carbocycles. The Morgan fingerprint density at radius 2 is 1.76 bits per heavy atom. The maximum atomic E-state index is 11.7. The van der Waals surface area contributed by atoms with Crippen molar-refractivity contribution >= 4 is 17.6 Å². The van der Waals surface area contributed by atoms with Crippen molar-refractivity contribution in [2.75, 3.05) is 0 Å². The van der Waals surface area contributed by atoms with Gasteiger partial charge in [0.25, 0.3) is 0 Å². The van der Waals surface area contributed by atoms with E-state index in [1.54, 1.807) is 24.3 Å². The molecule has 1 aliphatic rings. The van der Waals surface area contributed by atoms with Gasteiger partial charge >= 0.3 is 5.97 Å². The Morgan fingerprint density at radius 1 is 1.18 bits per heavy atom. The van der Waals surface area contributed by atoms with Gasteiger partial charge in [0.15, 0.2) is 6.10 Å². The Bertz CT molecular complexity index is 419. The standard InChI is InChI=1S/C13H15ClO3/c1-13(2,3)12-16-10(11(15)17-12)8-4-6-9(14)7-5-8/h4-7,10,12H,1-3H3. The summed E-state index contributed by atoms with van der Waals surface area (Å²) in [4.78, 5) is 11.7. The van der Waals surface area contributed by atoms with Crippen LogP contribution in [0.1, 0.15) is 32.4 Å². The second-order valence-electron chi connectivity index (χ2n) is 5.20. The summed E-state index contributed by atoms with van der Waals surface area (Å²) in [5.74, 6) is -0.341. The fraction of sp³-hybridized carbons (Fsp3) is 0.462. The highest BCUT2D eigenvalue weighted by atomic mass is 35.5. The molecule has 3 nitrogen and oxygen atoms in total. The summed E-state index contributed by atoms with van der Waals surface area (Å²) in [5.41, 5.74) is 0.544. The van der Waals surface area contributed by atoms with Crippen LogP contribution in [0, 0.1) is 5.41 Å². The van der Waals surface area contributed by atoms with E-state index in [2.05, 4.69) is 0 Å². The number of halogens is 1. The maximum Gasteiger partial charge on any atom is 0.342 e. The molecule has 0 aromatic heterocycles. The quantitative estimate of drug-likeness (QED) is 0.721. The molecule has 1 heterocycles. The van der Waals surface area contributed by atoms with E-state index in [0.29, 0.717) is 5.02 Å². The van der Waals surface area contributed by atoms with Crippen molar-refractivity contribution in [1.29, 1.82) is 0 Å². The van der Waals surface area contributed by atoms with Gasteiger partial charge in [0.2, 0.25) is 6.29 Å². The molecule has 1 saturated heterocycles. The molecule has 1 aromatic carbocycles. The van der Waals surface area contributed by atoms with Crippen molar-refractivity contribution in [3.63, 3.8) is 0 Å². The predicted octanol–water partition coefficient (Wildman–Crippen LogP) is 3.33. The molecule has 2 atom stereocenters. The molecule has 2 unspecified atom stereocenters. The number of ether oxygens (including phenoxy) is 2. The first-order valence-electron chi connectivity index (χ1n) is 5.49. The van der Waals surface area contributed by atoms with Gasteiger partial charge in [-0.2, -0.15) is 0 Å². The van der Waals surface area contributed by atoms with Gasteiger partial charge in [-0.05, 0) is 17.7 Å². The fourth-order valence-electron chi connectivity index (χ4n) is 1.61. The lowest BCUT2D eigenvalue weighted by atomic mass is 9.96. The average Bonchev–Trinajstić information content (AvgIpc) is 2.61. The van der Waals surface area contributed by atoms with E-state index >= 15 is 0 Å². The van der Waals surface area contributed by atoms with Gasteiger partial charge in [-0.15, -0.1) is 0 Å². The lowest BCUT2D eigenvalue weighted by Gasteiger charge is -2.24. The zero-order valence-electron chi connectivity index (χ0n) is 10.1.